The summed E-state index contributed by atoms with van der Waals surface area (Å²) in [7, 11) is 2.48. The first-order chi connectivity index (χ1) is 6.25. The van der Waals surface area contributed by atoms with Crippen LogP contribution in [0.2, 0.25) is 5.31 Å². The van der Waals surface area contributed by atoms with Crippen LogP contribution in [0.1, 0.15) is 60.8 Å². The highest BCUT2D eigenvalue weighted by molar-refractivity contribution is 6.15. The van der Waals surface area contributed by atoms with Crippen molar-refractivity contribution in [3.8, 4) is 0 Å². The van der Waals surface area contributed by atoms with Crippen LogP contribution >= 0.6 is 0 Å². The van der Waals surface area contributed by atoms with Gasteiger partial charge in [0, 0.05) is 0 Å². The van der Waals surface area contributed by atoms with E-state index in [4.69, 9.17) is 0 Å². The van der Waals surface area contributed by atoms with Gasteiger partial charge < -0.3 is 0 Å². The minimum atomic E-state index is 0.566. The summed E-state index contributed by atoms with van der Waals surface area (Å²) in [6.45, 7) is 14.1. The van der Waals surface area contributed by atoms with Crippen LogP contribution in [0.25, 0.3) is 0 Å². The average Bonchev–Trinajstić information content (AvgIpc) is 1.76. The van der Waals surface area contributed by atoms with E-state index in [1.165, 1.54) is 19.3 Å². The van der Waals surface area contributed by atoms with Crippen LogP contribution in [-0.2, 0) is 0 Å². The van der Waals surface area contributed by atoms with Gasteiger partial charge in [-0.1, -0.05) is 66.1 Å². The third-order valence-electron chi connectivity index (χ3n) is 2.70. The summed E-state index contributed by atoms with van der Waals surface area (Å²) in [6.07, 6.45) is 4.14. The Bertz CT molecular complexity index is 121. The van der Waals surface area contributed by atoms with Gasteiger partial charge in [-0.05, 0) is 17.8 Å². The summed E-state index contributed by atoms with van der Waals surface area (Å²) in [6, 6.07) is 0. The first-order valence-corrected chi connectivity index (χ1v) is 6.25. The minimum Gasteiger partial charge on any atom is -0.0628 e. The largest absolute Gasteiger partial charge is 0.109 e. The molecule has 14 heavy (non-hydrogen) atoms. The molecule has 0 aromatic rings. The molecule has 0 saturated carbocycles. The van der Waals surface area contributed by atoms with Crippen LogP contribution < -0.4 is 0 Å². The number of hydrogen-bond acceptors (Lipinski definition) is 0. The zero-order valence-electron chi connectivity index (χ0n) is 11.4. The highest BCUT2D eigenvalue weighted by Crippen LogP contribution is 2.43. The fourth-order valence-electron chi connectivity index (χ4n) is 3.21. The fraction of sp³-hybridized carbons (Fsp3) is 1.00. The smallest absolute Gasteiger partial charge is 0.0628 e. The molecule has 0 heterocycles. The van der Waals surface area contributed by atoms with E-state index in [0.29, 0.717) is 5.31 Å². The molecule has 1 heteroatoms. The molecule has 84 valence electrons. The van der Waals surface area contributed by atoms with Crippen LogP contribution in [0, 0.1) is 17.8 Å². The molecule has 0 rings (SSSR count). The zero-order chi connectivity index (χ0) is 11.4. The maximum Gasteiger partial charge on any atom is 0.109 e. The summed E-state index contributed by atoms with van der Waals surface area (Å²) in [5, 5.41) is 0.566. The molecule has 0 amide bonds. The quantitative estimate of drug-likeness (QED) is 0.565. The van der Waals surface area contributed by atoms with Gasteiger partial charge >= 0.3 is 0 Å². The zero-order valence-corrected chi connectivity index (χ0v) is 11.4. The van der Waals surface area contributed by atoms with E-state index in [1.54, 1.807) is 0 Å². The van der Waals surface area contributed by atoms with Crippen LogP contribution in [0.5, 0.6) is 0 Å². The van der Waals surface area contributed by atoms with E-state index in [0.717, 1.165) is 17.8 Å². The molecule has 0 nitrogen and oxygen atoms in total. The Labute approximate surface area is 92.3 Å². The Kier molecular flexibility index (Phi) is 5.85. The van der Waals surface area contributed by atoms with Gasteiger partial charge in [-0.3, -0.25) is 0 Å². The van der Waals surface area contributed by atoms with Gasteiger partial charge in [0.25, 0.3) is 0 Å². The van der Waals surface area contributed by atoms with E-state index >= 15 is 0 Å². The van der Waals surface area contributed by atoms with E-state index < -0.39 is 0 Å². The number of rotatable bonds is 6. The van der Waals surface area contributed by atoms with Crippen LogP contribution in [0.15, 0.2) is 0 Å². The molecule has 0 N–H and O–H groups in total. The Morgan fingerprint density at radius 2 is 0.929 bits per heavy atom. The third-order valence-corrected chi connectivity index (χ3v) is 2.70. The molecule has 0 aromatic carbocycles. The Balaban J connectivity index is 4.32. The lowest BCUT2D eigenvalue weighted by molar-refractivity contribution is 0.313. The van der Waals surface area contributed by atoms with E-state index in [2.05, 4.69) is 49.4 Å². The summed E-state index contributed by atoms with van der Waals surface area (Å²) >= 11 is 0. The molecule has 0 atom stereocenters. The molecule has 0 saturated heterocycles. The van der Waals surface area contributed by atoms with E-state index in [9.17, 15) is 0 Å². The van der Waals surface area contributed by atoms with Crippen molar-refractivity contribution in [3.05, 3.63) is 0 Å². The third kappa shape index (κ3) is 6.51. The van der Waals surface area contributed by atoms with Crippen molar-refractivity contribution in [2.75, 3.05) is 0 Å². The monoisotopic (exact) mass is 196 g/mol. The van der Waals surface area contributed by atoms with Crippen molar-refractivity contribution >= 4 is 7.85 Å². The van der Waals surface area contributed by atoms with Gasteiger partial charge in [-0.2, -0.15) is 0 Å². The van der Waals surface area contributed by atoms with Gasteiger partial charge in [0.2, 0.25) is 0 Å². The van der Waals surface area contributed by atoms with Gasteiger partial charge in [-0.25, -0.2) is 0 Å². The van der Waals surface area contributed by atoms with Crippen molar-refractivity contribution in [2.24, 2.45) is 17.8 Å². The molecule has 0 spiro atoms. The van der Waals surface area contributed by atoms with Gasteiger partial charge in [0.05, 0.1) is 0 Å². The molecule has 0 radical (unpaired) electrons. The van der Waals surface area contributed by atoms with Gasteiger partial charge in [0.15, 0.2) is 0 Å². The van der Waals surface area contributed by atoms with E-state index in [-0.39, 0.29) is 0 Å². The molecule has 0 aliphatic carbocycles. The molecule has 0 aliphatic rings. The molecule has 0 bridgehead atoms. The van der Waals surface area contributed by atoms with Crippen LogP contribution in [0.4, 0.5) is 0 Å². The van der Waals surface area contributed by atoms with Crippen LogP contribution in [0.3, 0.4) is 0 Å². The van der Waals surface area contributed by atoms with Crippen molar-refractivity contribution in [2.45, 2.75) is 66.1 Å². The average molecular weight is 196 g/mol. The minimum absolute atomic E-state index is 0.566. The summed E-state index contributed by atoms with van der Waals surface area (Å²) < 4.78 is 0. The summed E-state index contributed by atoms with van der Waals surface area (Å²) in [5.74, 6) is 2.49. The van der Waals surface area contributed by atoms with Crippen molar-refractivity contribution < 1.29 is 0 Å². The van der Waals surface area contributed by atoms with Crippen LogP contribution in [-0.4, -0.2) is 7.85 Å². The second kappa shape index (κ2) is 5.83. The van der Waals surface area contributed by atoms with Crippen molar-refractivity contribution in [1.29, 1.82) is 0 Å². The van der Waals surface area contributed by atoms with Crippen molar-refractivity contribution in [3.63, 3.8) is 0 Å². The Morgan fingerprint density at radius 3 is 1.07 bits per heavy atom. The highest BCUT2D eigenvalue weighted by Gasteiger charge is 2.27. The summed E-state index contributed by atoms with van der Waals surface area (Å²) in [4.78, 5) is 0. The molecule has 0 aromatic heterocycles. The lowest BCUT2D eigenvalue weighted by atomic mass is 9.57. The Hall–Kier alpha value is 0.0649. The van der Waals surface area contributed by atoms with E-state index in [1.807, 2.05) is 0 Å². The maximum absolute atomic E-state index is 2.48. The predicted octanol–water partition coefficient (Wildman–Crippen LogP) is 3.92. The van der Waals surface area contributed by atoms with Gasteiger partial charge in [-0.15, -0.1) is 0 Å². The highest BCUT2D eigenvalue weighted by atomic mass is 14.3. The molecular weight excluding hydrogens is 167 g/mol. The maximum atomic E-state index is 2.48. The molecule has 0 unspecified atom stereocenters. The summed E-state index contributed by atoms with van der Waals surface area (Å²) in [5.41, 5.74) is 0. The normalized spacial score (nSPS) is 13.2. The second-order valence-electron chi connectivity index (χ2n) is 6.60. The lowest BCUT2D eigenvalue weighted by Gasteiger charge is -2.35. The topological polar surface area (TPSA) is 0 Å². The first-order valence-electron chi connectivity index (χ1n) is 6.25. The first kappa shape index (κ1) is 14.1. The fourth-order valence-corrected chi connectivity index (χ4v) is 3.21. The van der Waals surface area contributed by atoms with Gasteiger partial charge in [0.1, 0.15) is 7.85 Å². The lowest BCUT2D eigenvalue weighted by Crippen LogP contribution is -2.20. The standard InChI is InChI=1S/C13H29B/c1-10(2)7-13(14,8-11(3)4)9-12(5)6/h10-12H,7-9,14H2,1-6H3. The molecular formula is C13H29B. The SMILES string of the molecule is BC(CC(C)C)(CC(C)C)CC(C)C. The predicted molar refractivity (Wildman–Crippen MR) is 69.6 cm³/mol. The Morgan fingerprint density at radius 1 is 0.714 bits per heavy atom. The number of hydrogen-bond donors (Lipinski definition) is 0. The molecule has 0 fully saturated rings. The molecule has 0 aliphatic heterocycles. The second-order valence-corrected chi connectivity index (χ2v) is 6.60. The van der Waals surface area contributed by atoms with Crippen molar-refractivity contribution in [1.82, 2.24) is 0 Å².